The lowest BCUT2D eigenvalue weighted by Gasteiger charge is -2.03. The summed E-state index contributed by atoms with van der Waals surface area (Å²) >= 11 is 0.975. The summed E-state index contributed by atoms with van der Waals surface area (Å²) in [5, 5.41) is 0.914. The number of nitrogens with zero attached hydrogens (tertiary/aromatic N) is 2. The van der Waals surface area contributed by atoms with E-state index in [0.29, 0.717) is 10.6 Å². The van der Waals surface area contributed by atoms with E-state index in [1.54, 1.807) is 6.07 Å². The average Bonchev–Trinajstić information content (AvgIpc) is 3.04. The predicted molar refractivity (Wildman–Crippen MR) is 80.3 cm³/mol. The number of benzene rings is 1. The molecule has 7 nitrogen and oxygen atoms in total. The van der Waals surface area contributed by atoms with Crippen molar-refractivity contribution in [1.29, 1.82) is 0 Å². The van der Waals surface area contributed by atoms with Crippen molar-refractivity contribution >= 4 is 38.4 Å². The van der Waals surface area contributed by atoms with Crippen LogP contribution in [0.1, 0.15) is 5.56 Å². The Morgan fingerprint density at radius 1 is 1.38 bits per heavy atom. The molecule has 0 amide bonds. The minimum absolute atomic E-state index is 0.00156. The second kappa shape index (κ2) is 5.01. The summed E-state index contributed by atoms with van der Waals surface area (Å²) in [6.45, 7) is 1.94. The van der Waals surface area contributed by atoms with E-state index in [1.807, 2.05) is 19.1 Å². The second-order valence-corrected chi connectivity index (χ2v) is 6.76. The van der Waals surface area contributed by atoms with Gasteiger partial charge < -0.3 is 9.72 Å². The van der Waals surface area contributed by atoms with Gasteiger partial charge in [0.05, 0.1) is 7.11 Å². The smallest absolute Gasteiger partial charge is 0.294 e. The molecule has 2 aromatic heterocycles. The first-order chi connectivity index (χ1) is 9.99. The lowest BCUT2D eigenvalue weighted by atomic mass is 10.2. The van der Waals surface area contributed by atoms with Crippen molar-refractivity contribution in [3.05, 3.63) is 30.0 Å². The van der Waals surface area contributed by atoms with Crippen LogP contribution in [-0.2, 0) is 10.0 Å². The monoisotopic (exact) mass is 324 g/mol. The minimum atomic E-state index is -3.76. The van der Waals surface area contributed by atoms with Gasteiger partial charge in [0.25, 0.3) is 21.2 Å². The van der Waals surface area contributed by atoms with Gasteiger partial charge in [0.1, 0.15) is 4.90 Å². The summed E-state index contributed by atoms with van der Waals surface area (Å²) in [7, 11) is -2.31. The molecule has 1 aromatic carbocycles. The molecule has 2 heterocycles. The fourth-order valence-electron chi connectivity index (χ4n) is 1.94. The van der Waals surface area contributed by atoms with Crippen LogP contribution in [0.4, 0.5) is 5.95 Å². The molecule has 0 aliphatic rings. The molecule has 2 N–H and O–H groups in total. The van der Waals surface area contributed by atoms with Crippen LogP contribution < -0.4 is 9.46 Å². The van der Waals surface area contributed by atoms with Crippen LogP contribution in [0.5, 0.6) is 5.19 Å². The van der Waals surface area contributed by atoms with Gasteiger partial charge in [-0.05, 0) is 18.6 Å². The number of aromatic amines is 1. The van der Waals surface area contributed by atoms with Gasteiger partial charge in [0, 0.05) is 28.6 Å². The van der Waals surface area contributed by atoms with Crippen LogP contribution >= 0.6 is 11.5 Å². The first-order valence-electron chi connectivity index (χ1n) is 5.98. The highest BCUT2D eigenvalue weighted by Crippen LogP contribution is 2.26. The molecule has 9 heteroatoms. The Morgan fingerprint density at radius 2 is 2.19 bits per heavy atom. The second-order valence-electron chi connectivity index (χ2n) is 4.40. The topological polar surface area (TPSA) is 97.0 Å². The number of ether oxygens (including phenoxy) is 1. The lowest BCUT2D eigenvalue weighted by Crippen LogP contribution is -2.13. The highest BCUT2D eigenvalue weighted by molar-refractivity contribution is 7.93. The molecule has 0 aliphatic carbocycles. The number of H-pyrrole nitrogens is 1. The molecule has 0 atom stereocenters. The van der Waals surface area contributed by atoms with E-state index in [1.165, 1.54) is 13.3 Å². The van der Waals surface area contributed by atoms with Crippen molar-refractivity contribution in [2.75, 3.05) is 11.8 Å². The summed E-state index contributed by atoms with van der Waals surface area (Å²) in [4.78, 5) is 7.02. The van der Waals surface area contributed by atoms with Crippen molar-refractivity contribution in [3.63, 3.8) is 0 Å². The van der Waals surface area contributed by atoms with Crippen LogP contribution in [0.2, 0.25) is 0 Å². The molecule has 110 valence electrons. The van der Waals surface area contributed by atoms with E-state index >= 15 is 0 Å². The van der Waals surface area contributed by atoms with Crippen molar-refractivity contribution in [2.45, 2.75) is 11.8 Å². The highest BCUT2D eigenvalue weighted by atomic mass is 32.2. The van der Waals surface area contributed by atoms with E-state index in [4.69, 9.17) is 4.74 Å². The SMILES string of the molecule is COc1nc(NS(=O)(=O)c2c[nH]c3cc(C)ccc23)ns1. The van der Waals surface area contributed by atoms with E-state index in [9.17, 15) is 8.42 Å². The van der Waals surface area contributed by atoms with Crippen molar-refractivity contribution < 1.29 is 13.2 Å². The number of sulfonamides is 1. The number of methoxy groups -OCH3 is 1. The van der Waals surface area contributed by atoms with E-state index in [-0.39, 0.29) is 10.8 Å². The highest BCUT2D eigenvalue weighted by Gasteiger charge is 2.21. The maximum Gasteiger partial charge on any atom is 0.294 e. The molecule has 0 bridgehead atoms. The molecule has 0 spiro atoms. The van der Waals surface area contributed by atoms with Crippen molar-refractivity contribution in [1.82, 2.24) is 14.3 Å². The zero-order chi connectivity index (χ0) is 15.0. The van der Waals surface area contributed by atoms with Gasteiger partial charge in [-0.1, -0.05) is 12.1 Å². The van der Waals surface area contributed by atoms with Crippen LogP contribution in [0.3, 0.4) is 0 Å². The van der Waals surface area contributed by atoms with Gasteiger partial charge in [0.2, 0.25) is 0 Å². The van der Waals surface area contributed by atoms with Gasteiger partial charge in [-0.15, -0.1) is 4.37 Å². The fourth-order valence-corrected chi connectivity index (χ4v) is 3.58. The van der Waals surface area contributed by atoms with Crippen molar-refractivity contribution in [3.8, 4) is 5.19 Å². The van der Waals surface area contributed by atoms with Crippen LogP contribution in [0.25, 0.3) is 10.9 Å². The average molecular weight is 324 g/mol. The van der Waals surface area contributed by atoms with Crippen LogP contribution in [0.15, 0.2) is 29.3 Å². The number of fused-ring (bicyclic) bond motifs is 1. The summed E-state index contributed by atoms with van der Waals surface area (Å²) < 4.78 is 35.9. The Balaban J connectivity index is 2.00. The largest absolute Gasteiger partial charge is 0.472 e. The maximum atomic E-state index is 12.4. The molecule has 0 unspecified atom stereocenters. The quantitative estimate of drug-likeness (QED) is 0.766. The molecular formula is C12H12N4O3S2. The zero-order valence-corrected chi connectivity index (χ0v) is 12.9. The Labute approximate surface area is 125 Å². The molecule has 0 saturated carbocycles. The summed E-state index contributed by atoms with van der Waals surface area (Å²) in [5.74, 6) is -0.00156. The van der Waals surface area contributed by atoms with Crippen LogP contribution in [0, 0.1) is 6.92 Å². The number of nitrogens with one attached hydrogen (secondary N) is 2. The number of rotatable bonds is 4. The molecule has 0 saturated heterocycles. The maximum absolute atomic E-state index is 12.4. The van der Waals surface area contributed by atoms with Crippen LogP contribution in [-0.4, -0.2) is 29.9 Å². The zero-order valence-electron chi connectivity index (χ0n) is 11.2. The number of aryl methyl sites for hydroxylation is 1. The Kier molecular flexibility index (Phi) is 3.30. The van der Waals surface area contributed by atoms with Gasteiger partial charge in [-0.25, -0.2) is 13.1 Å². The predicted octanol–water partition coefficient (Wildman–Crippen LogP) is 2.14. The number of aromatic nitrogens is 3. The first kappa shape index (κ1) is 13.8. The van der Waals surface area contributed by atoms with Gasteiger partial charge >= 0.3 is 0 Å². The lowest BCUT2D eigenvalue weighted by molar-refractivity contribution is 0.412. The van der Waals surface area contributed by atoms with E-state index in [0.717, 1.165) is 22.6 Å². The molecule has 0 fully saturated rings. The Morgan fingerprint density at radius 3 is 2.90 bits per heavy atom. The Hall–Kier alpha value is -2.13. The third-order valence-electron chi connectivity index (χ3n) is 2.90. The molecule has 0 aliphatic heterocycles. The van der Waals surface area contributed by atoms with Gasteiger partial charge in [-0.3, -0.25) is 0 Å². The normalized spacial score (nSPS) is 11.7. The molecule has 21 heavy (non-hydrogen) atoms. The minimum Gasteiger partial charge on any atom is -0.472 e. The first-order valence-corrected chi connectivity index (χ1v) is 8.23. The number of hydrogen-bond acceptors (Lipinski definition) is 6. The molecule has 0 radical (unpaired) electrons. The standard InChI is InChI=1S/C12H12N4O3S2/c1-7-3-4-8-9(5-7)13-6-10(8)21(17,18)16-11-14-12(19-2)20-15-11/h3-6,13H,1-2H3,(H,15,16). The number of anilines is 1. The van der Waals surface area contributed by atoms with Crippen molar-refractivity contribution in [2.24, 2.45) is 0 Å². The number of hydrogen-bond donors (Lipinski definition) is 2. The summed E-state index contributed by atoms with van der Waals surface area (Å²) in [6, 6.07) is 5.52. The molecule has 3 aromatic rings. The van der Waals surface area contributed by atoms with Gasteiger partial charge in [0.15, 0.2) is 0 Å². The summed E-state index contributed by atoms with van der Waals surface area (Å²) in [6.07, 6.45) is 1.45. The third-order valence-corrected chi connectivity index (χ3v) is 4.94. The van der Waals surface area contributed by atoms with E-state index < -0.39 is 10.0 Å². The Bertz CT molecular complexity index is 898. The summed E-state index contributed by atoms with van der Waals surface area (Å²) in [5.41, 5.74) is 1.81. The molecular weight excluding hydrogens is 312 g/mol. The fraction of sp³-hybridized carbons (Fsp3) is 0.167. The third kappa shape index (κ3) is 2.57. The van der Waals surface area contributed by atoms with Gasteiger partial charge in [-0.2, -0.15) is 4.98 Å². The molecule has 3 rings (SSSR count). The van der Waals surface area contributed by atoms with E-state index in [2.05, 4.69) is 19.1 Å².